The van der Waals surface area contributed by atoms with Crippen LogP contribution in [0.1, 0.15) is 292 Å². The molecule has 2 aromatic rings. The van der Waals surface area contributed by atoms with Gasteiger partial charge in [-0.3, -0.25) is 14.5 Å². The number of aryl methyl sites for hydroxylation is 1. The molecule has 5 heterocycles. The third-order valence-electron chi connectivity index (χ3n) is 18.4. The maximum atomic E-state index is 6.64. The fourth-order valence-corrected chi connectivity index (χ4v) is 15.0. The van der Waals surface area contributed by atoms with Crippen molar-refractivity contribution in [3.8, 4) is 0 Å². The first kappa shape index (κ1) is 73.5. The van der Waals surface area contributed by atoms with Crippen molar-refractivity contribution in [3.05, 3.63) is 5.82 Å². The van der Waals surface area contributed by atoms with Gasteiger partial charge < -0.3 is 24.5 Å². The Kier molecular flexibility index (Phi) is 28.8. The zero-order valence-electron chi connectivity index (χ0n) is 59.6. The number of rotatable bonds is 39. The molecular formula is C69H132N14O3. The van der Waals surface area contributed by atoms with Gasteiger partial charge in [-0.1, -0.05) is 100 Å². The highest BCUT2D eigenvalue weighted by molar-refractivity contribution is 5.48. The summed E-state index contributed by atoms with van der Waals surface area (Å²) in [5, 5.41) is 6.93. The molecule has 0 saturated carbocycles. The van der Waals surface area contributed by atoms with Gasteiger partial charge in [0.15, 0.2) is 0 Å². The van der Waals surface area contributed by atoms with Crippen molar-refractivity contribution in [2.75, 3.05) is 90.1 Å². The highest BCUT2D eigenvalue weighted by atomic mass is 16.7. The van der Waals surface area contributed by atoms with Crippen molar-refractivity contribution in [1.82, 2.24) is 45.1 Å². The molecule has 0 N–H and O–H groups in total. The number of aromatic nitrogens is 6. The molecule has 17 nitrogen and oxygen atoms in total. The van der Waals surface area contributed by atoms with E-state index in [1.807, 2.05) is 0 Å². The zero-order valence-corrected chi connectivity index (χ0v) is 59.6. The van der Waals surface area contributed by atoms with Crippen LogP contribution in [0.25, 0.3) is 0 Å². The van der Waals surface area contributed by atoms with Crippen LogP contribution in [0, 0.1) is 6.92 Å². The first-order chi connectivity index (χ1) is 40.7. The number of hydrogen-bond acceptors (Lipinski definition) is 17. The van der Waals surface area contributed by atoms with E-state index in [0.717, 1.165) is 242 Å². The number of piperidine rings is 3. The third kappa shape index (κ3) is 20.1. The van der Waals surface area contributed by atoms with Gasteiger partial charge in [-0.2, -0.15) is 45.1 Å². The standard InChI is InChI=1S/C69H132N14O3/c1-22-30-39-76(40-31-23-2)59-72-60(77(41-32-24-3)42-33-25-4)74-63(73-59)80(58-53-68(18,19)83(86-48-29-8)69(20,21)54-58)45-38-36-35-37-44-79(57-51-66(14,15)82(85-47-28-7)67(16,17)52-57)62-71-55(9)70-61(75-62)78(43-34-26-5)56-49-64(10,11)81(84-46-27-6)65(12,13)50-56/h56-58H,22-54H2,1-21H3. The summed E-state index contributed by atoms with van der Waals surface area (Å²) in [7, 11) is 0. The van der Waals surface area contributed by atoms with Crippen molar-refractivity contribution < 1.29 is 14.5 Å². The van der Waals surface area contributed by atoms with Crippen LogP contribution in [0.2, 0.25) is 0 Å². The topological polar surface area (TPSA) is 131 Å². The summed E-state index contributed by atoms with van der Waals surface area (Å²) in [6.07, 6.45) is 23.9. The molecule has 17 heteroatoms. The Labute approximate surface area is 527 Å². The lowest BCUT2D eigenvalue weighted by Gasteiger charge is -2.56. The summed E-state index contributed by atoms with van der Waals surface area (Å²) in [4.78, 5) is 65.3. The van der Waals surface area contributed by atoms with Crippen molar-refractivity contribution in [1.29, 1.82) is 0 Å². The van der Waals surface area contributed by atoms with Crippen molar-refractivity contribution in [2.24, 2.45) is 0 Å². The van der Waals surface area contributed by atoms with E-state index in [1.165, 1.54) is 0 Å². The predicted octanol–water partition coefficient (Wildman–Crippen LogP) is 15.7. The van der Waals surface area contributed by atoms with E-state index in [-0.39, 0.29) is 51.4 Å². The molecule has 86 heavy (non-hydrogen) atoms. The lowest BCUT2D eigenvalue weighted by molar-refractivity contribution is -0.282. The van der Waals surface area contributed by atoms with Gasteiger partial charge >= 0.3 is 0 Å². The Hall–Kier alpha value is -3.22. The van der Waals surface area contributed by atoms with Gasteiger partial charge in [-0.25, -0.2) is 0 Å². The largest absolute Gasteiger partial charge is 0.341 e. The van der Waals surface area contributed by atoms with E-state index < -0.39 is 0 Å². The van der Waals surface area contributed by atoms with Crippen molar-refractivity contribution in [2.45, 2.75) is 344 Å². The maximum Gasteiger partial charge on any atom is 0.232 e. The molecule has 0 unspecified atom stereocenters. The Morgan fingerprint density at radius 1 is 0.314 bits per heavy atom. The van der Waals surface area contributed by atoms with E-state index in [0.29, 0.717) is 6.61 Å². The van der Waals surface area contributed by atoms with E-state index in [2.05, 4.69) is 185 Å². The summed E-state index contributed by atoms with van der Waals surface area (Å²) < 4.78 is 0. The minimum absolute atomic E-state index is 0.177. The van der Waals surface area contributed by atoms with Crippen LogP contribution in [0.15, 0.2) is 0 Å². The summed E-state index contributed by atoms with van der Waals surface area (Å²) in [5.74, 6) is 4.91. The van der Waals surface area contributed by atoms with Gasteiger partial charge in [0.2, 0.25) is 29.7 Å². The molecule has 3 saturated heterocycles. The molecule has 2 aromatic heterocycles. The third-order valence-corrected chi connectivity index (χ3v) is 18.4. The highest BCUT2D eigenvalue weighted by Gasteiger charge is 2.51. The van der Waals surface area contributed by atoms with Crippen molar-refractivity contribution >= 4 is 29.7 Å². The van der Waals surface area contributed by atoms with Gasteiger partial charge in [0.25, 0.3) is 0 Å². The Balaban J connectivity index is 1.54. The average molecular weight is 1210 g/mol. The molecule has 0 atom stereocenters. The molecule has 0 aliphatic carbocycles. The molecule has 0 bridgehead atoms. The first-order valence-electron chi connectivity index (χ1n) is 35.3. The lowest BCUT2D eigenvalue weighted by Crippen LogP contribution is -2.64. The number of hydroxylamine groups is 6. The predicted molar refractivity (Wildman–Crippen MR) is 362 cm³/mol. The average Bonchev–Trinajstić information content (AvgIpc) is 0.852. The summed E-state index contributed by atoms with van der Waals surface area (Å²) in [6, 6.07) is 0.641. The monoisotopic (exact) mass is 1210 g/mol. The second kappa shape index (κ2) is 33.7. The van der Waals surface area contributed by atoms with Crippen LogP contribution in [0.4, 0.5) is 29.7 Å². The van der Waals surface area contributed by atoms with Crippen LogP contribution in [0.5, 0.6) is 0 Å². The first-order valence-corrected chi connectivity index (χ1v) is 35.3. The maximum absolute atomic E-state index is 6.64. The van der Waals surface area contributed by atoms with Gasteiger partial charge in [-0.05, 0) is 193 Å². The van der Waals surface area contributed by atoms with E-state index in [4.69, 9.17) is 44.4 Å². The van der Waals surface area contributed by atoms with Crippen LogP contribution >= 0.6 is 0 Å². The zero-order chi connectivity index (χ0) is 63.5. The Morgan fingerprint density at radius 2 is 0.547 bits per heavy atom. The fraction of sp³-hybridized carbons (Fsp3) is 0.913. The quantitative estimate of drug-likeness (QED) is 0.0588. The van der Waals surface area contributed by atoms with Gasteiger partial charge in [0.1, 0.15) is 5.82 Å². The molecule has 0 aromatic carbocycles. The molecule has 3 aliphatic heterocycles. The molecular weight excluding hydrogens is 1070 g/mol. The van der Waals surface area contributed by atoms with E-state index in [9.17, 15) is 0 Å². The van der Waals surface area contributed by atoms with Gasteiger partial charge in [0, 0.05) is 97.2 Å². The van der Waals surface area contributed by atoms with Crippen LogP contribution < -0.4 is 24.5 Å². The van der Waals surface area contributed by atoms with Crippen LogP contribution in [-0.2, 0) is 14.5 Å². The highest BCUT2D eigenvalue weighted by Crippen LogP contribution is 2.45. The van der Waals surface area contributed by atoms with E-state index in [1.54, 1.807) is 0 Å². The Bertz CT molecular complexity index is 2150. The second-order valence-corrected chi connectivity index (χ2v) is 29.9. The van der Waals surface area contributed by atoms with E-state index >= 15 is 0 Å². The molecule has 0 amide bonds. The number of nitrogens with zero attached hydrogens (tertiary/aromatic N) is 14. The van der Waals surface area contributed by atoms with Crippen LogP contribution in [-0.4, -0.2) is 162 Å². The molecule has 3 aliphatic rings. The minimum Gasteiger partial charge on any atom is -0.341 e. The minimum atomic E-state index is -0.214. The van der Waals surface area contributed by atoms with Crippen LogP contribution in [0.3, 0.4) is 0 Å². The molecule has 0 spiro atoms. The Morgan fingerprint density at radius 3 is 0.814 bits per heavy atom. The fourth-order valence-electron chi connectivity index (χ4n) is 15.0. The summed E-state index contributed by atoms with van der Waals surface area (Å²) >= 11 is 0. The molecule has 3 fully saturated rings. The summed E-state index contributed by atoms with van der Waals surface area (Å²) in [6.45, 7) is 57.0. The van der Waals surface area contributed by atoms with Gasteiger partial charge in [0.05, 0.1) is 19.8 Å². The van der Waals surface area contributed by atoms with Crippen molar-refractivity contribution in [3.63, 3.8) is 0 Å². The second-order valence-electron chi connectivity index (χ2n) is 29.9. The normalized spacial score (nSPS) is 19.9. The number of hydrogen-bond donors (Lipinski definition) is 0. The smallest absolute Gasteiger partial charge is 0.232 e. The number of anilines is 5. The summed E-state index contributed by atoms with van der Waals surface area (Å²) in [5.41, 5.74) is -1.20. The SMILES string of the molecule is CCCCN(CCCC)c1nc(N(CCCC)CCCC)nc(N(CCCCCCN(c2nc(C)nc(N(CCCC)C3CC(C)(C)N(OCCC)C(C)(C)C3)n2)C2CC(C)(C)N(OCCC)C(C)(C)C2)C2CC(C)(C)N(OCCC)C(C)(C)C2)n1. The molecule has 5 rings (SSSR count). The molecule has 0 radical (unpaired) electrons. The number of unbranched alkanes of at least 4 members (excludes halogenated alkanes) is 8. The lowest BCUT2D eigenvalue weighted by atomic mass is 9.78. The molecule has 496 valence electrons. The van der Waals surface area contributed by atoms with Gasteiger partial charge in [-0.15, -0.1) is 0 Å².